The monoisotopic (exact) mass is 553 g/mol. The van der Waals surface area contributed by atoms with Crippen molar-refractivity contribution < 1.29 is 14.6 Å². The van der Waals surface area contributed by atoms with E-state index in [0.29, 0.717) is 30.0 Å². The number of benzene rings is 1. The number of ether oxygens (including phenoxy) is 1. The van der Waals surface area contributed by atoms with Crippen LogP contribution in [0.25, 0.3) is 28.3 Å². The molecule has 1 aliphatic carbocycles. The highest BCUT2D eigenvalue weighted by Crippen LogP contribution is 2.35. The Labute approximate surface area is 238 Å². The van der Waals surface area contributed by atoms with E-state index in [0.717, 1.165) is 41.2 Å². The van der Waals surface area contributed by atoms with Crippen molar-refractivity contribution in [3.63, 3.8) is 0 Å². The quantitative estimate of drug-likeness (QED) is 0.284. The van der Waals surface area contributed by atoms with Gasteiger partial charge in [0.05, 0.1) is 36.2 Å². The minimum Gasteiger partial charge on any atom is -0.389 e. The molecular formula is C31H35N7O3. The number of amides is 1. The summed E-state index contributed by atoms with van der Waals surface area (Å²) in [4.78, 5) is 25.2. The SMILES string of the molecule is CO[C@H]1CCC1NC(=O)c1cnn2c(N(C)Cc3ccccc3)cc(-c3cnc4n(CC(C)(C)O)cccc3-4)nc12. The van der Waals surface area contributed by atoms with Crippen molar-refractivity contribution in [2.45, 2.75) is 57.5 Å². The van der Waals surface area contributed by atoms with Crippen LogP contribution >= 0.6 is 0 Å². The van der Waals surface area contributed by atoms with Crippen LogP contribution in [0, 0.1) is 0 Å². The van der Waals surface area contributed by atoms with E-state index in [9.17, 15) is 9.90 Å². The molecule has 0 radical (unpaired) electrons. The minimum atomic E-state index is -0.898. The number of aliphatic hydroxyl groups is 1. The van der Waals surface area contributed by atoms with Crippen molar-refractivity contribution in [3.8, 4) is 22.6 Å². The Bertz CT molecular complexity index is 1650. The number of hydrogen-bond acceptors (Lipinski definition) is 7. The predicted molar refractivity (Wildman–Crippen MR) is 157 cm³/mol. The molecule has 0 spiro atoms. The van der Waals surface area contributed by atoms with Gasteiger partial charge in [0.1, 0.15) is 17.2 Å². The van der Waals surface area contributed by atoms with Gasteiger partial charge in [-0.1, -0.05) is 30.3 Å². The molecule has 1 unspecified atom stereocenters. The molecule has 10 nitrogen and oxygen atoms in total. The molecule has 1 fully saturated rings. The second kappa shape index (κ2) is 10.6. The number of carbonyl (C=O) groups is 1. The first-order valence-corrected chi connectivity index (χ1v) is 13.9. The van der Waals surface area contributed by atoms with Crippen LogP contribution in [0.5, 0.6) is 0 Å². The maximum absolute atomic E-state index is 13.4. The predicted octanol–water partition coefficient (Wildman–Crippen LogP) is 4.01. The molecule has 1 amide bonds. The van der Waals surface area contributed by atoms with E-state index in [1.54, 1.807) is 37.9 Å². The van der Waals surface area contributed by atoms with Gasteiger partial charge in [-0.3, -0.25) is 4.79 Å². The molecule has 2 aromatic heterocycles. The number of hydrogen-bond donors (Lipinski definition) is 2. The van der Waals surface area contributed by atoms with E-state index in [1.165, 1.54) is 0 Å². The smallest absolute Gasteiger partial charge is 0.257 e. The number of pyridine rings is 1. The highest BCUT2D eigenvalue weighted by molar-refractivity contribution is 6.00. The van der Waals surface area contributed by atoms with Gasteiger partial charge in [-0.15, -0.1) is 0 Å². The Kier molecular flexibility index (Phi) is 6.96. The lowest BCUT2D eigenvalue weighted by Gasteiger charge is -2.35. The van der Waals surface area contributed by atoms with Gasteiger partial charge in [0.15, 0.2) is 5.65 Å². The summed E-state index contributed by atoms with van der Waals surface area (Å²) in [5.74, 6) is 1.33. The van der Waals surface area contributed by atoms with E-state index >= 15 is 0 Å². The van der Waals surface area contributed by atoms with Crippen molar-refractivity contribution in [3.05, 3.63) is 78.2 Å². The maximum atomic E-state index is 13.4. The Morgan fingerprint density at radius 2 is 1.95 bits per heavy atom. The third-order valence-electron chi connectivity index (χ3n) is 7.66. The Morgan fingerprint density at radius 3 is 2.66 bits per heavy atom. The van der Waals surface area contributed by atoms with E-state index in [-0.39, 0.29) is 18.1 Å². The molecule has 3 aromatic rings. The number of aromatic nitrogens is 5. The number of carbonyl (C=O) groups excluding carboxylic acids is 1. The number of nitrogens with zero attached hydrogens (tertiary/aromatic N) is 6. The second-order valence-corrected chi connectivity index (χ2v) is 11.4. The summed E-state index contributed by atoms with van der Waals surface area (Å²) in [6.07, 6.45) is 7.13. The molecule has 6 rings (SSSR count). The molecule has 0 bridgehead atoms. The highest BCUT2D eigenvalue weighted by Gasteiger charge is 2.33. The summed E-state index contributed by atoms with van der Waals surface area (Å²) in [6.45, 7) is 4.59. The van der Waals surface area contributed by atoms with Crippen LogP contribution < -0.4 is 10.2 Å². The van der Waals surface area contributed by atoms with Gasteiger partial charge in [0.2, 0.25) is 0 Å². The molecule has 3 aliphatic rings. The normalized spacial score (nSPS) is 17.1. The van der Waals surface area contributed by atoms with E-state index in [1.807, 2.05) is 54.2 Å². The topological polar surface area (TPSA) is 110 Å². The zero-order valence-electron chi connectivity index (χ0n) is 23.8. The zero-order valence-corrected chi connectivity index (χ0v) is 23.8. The van der Waals surface area contributed by atoms with Crippen molar-refractivity contribution in [2.75, 3.05) is 19.1 Å². The molecule has 10 heteroatoms. The molecule has 2 N–H and O–H groups in total. The first-order valence-electron chi connectivity index (χ1n) is 13.9. The van der Waals surface area contributed by atoms with E-state index < -0.39 is 5.60 Å². The fraction of sp³-hybridized carbons (Fsp3) is 0.355. The number of fused-ring (bicyclic) bond motifs is 2. The van der Waals surface area contributed by atoms with Gasteiger partial charge in [0, 0.05) is 50.3 Å². The lowest BCUT2D eigenvalue weighted by atomic mass is 9.89. The highest BCUT2D eigenvalue weighted by atomic mass is 16.5. The molecule has 41 heavy (non-hydrogen) atoms. The number of rotatable bonds is 9. The van der Waals surface area contributed by atoms with E-state index in [4.69, 9.17) is 14.7 Å². The summed E-state index contributed by atoms with van der Waals surface area (Å²) < 4.78 is 9.15. The molecule has 2 aliphatic heterocycles. The summed E-state index contributed by atoms with van der Waals surface area (Å²) >= 11 is 0. The summed E-state index contributed by atoms with van der Waals surface area (Å²) in [5.41, 5.74) is 3.56. The van der Waals surface area contributed by atoms with Crippen molar-refractivity contribution in [2.24, 2.45) is 0 Å². The lowest BCUT2D eigenvalue weighted by Crippen LogP contribution is -2.51. The molecule has 0 saturated heterocycles. The van der Waals surface area contributed by atoms with Crippen LogP contribution in [-0.4, -0.2) is 67.1 Å². The average Bonchev–Trinajstić information content (AvgIpc) is 3.56. The largest absolute Gasteiger partial charge is 0.389 e. The standard InChI is InChI=1S/C31H35N7O3/c1-31(2,40)19-37-14-8-11-21-22(16-32-28(21)37)25-15-27(36(3)18-20-9-6-5-7-10-20)38-29(34-25)23(17-33-38)30(39)35-24-12-13-26(24)41-4/h5-11,14-17,24,26,40H,12-13,18-19H2,1-4H3,(H,35,39)/t24?,26-/m0/s1. The van der Waals surface area contributed by atoms with Crippen molar-refractivity contribution in [1.29, 1.82) is 0 Å². The third kappa shape index (κ3) is 5.28. The average molecular weight is 554 g/mol. The molecule has 1 saturated carbocycles. The maximum Gasteiger partial charge on any atom is 0.257 e. The number of anilines is 1. The van der Waals surface area contributed by atoms with Gasteiger partial charge >= 0.3 is 0 Å². The fourth-order valence-electron chi connectivity index (χ4n) is 5.46. The third-order valence-corrected chi connectivity index (χ3v) is 7.66. The fourth-order valence-corrected chi connectivity index (χ4v) is 5.46. The number of nitrogens with one attached hydrogen (secondary N) is 1. The van der Waals surface area contributed by atoms with Crippen LogP contribution in [0.2, 0.25) is 0 Å². The van der Waals surface area contributed by atoms with Gasteiger partial charge in [-0.2, -0.15) is 9.61 Å². The van der Waals surface area contributed by atoms with Crippen LogP contribution in [0.3, 0.4) is 0 Å². The second-order valence-electron chi connectivity index (χ2n) is 11.4. The first kappa shape index (κ1) is 26.9. The molecule has 212 valence electrons. The van der Waals surface area contributed by atoms with Crippen LogP contribution in [0.4, 0.5) is 5.82 Å². The Hall–Kier alpha value is -4.28. The zero-order chi connectivity index (χ0) is 28.7. The first-order chi connectivity index (χ1) is 19.7. The summed E-state index contributed by atoms with van der Waals surface area (Å²) in [6, 6.07) is 16.1. The molecular weight excluding hydrogens is 518 g/mol. The van der Waals surface area contributed by atoms with Gasteiger partial charge in [0.25, 0.3) is 5.91 Å². The Balaban J connectivity index is 1.43. The van der Waals surface area contributed by atoms with Crippen LogP contribution in [0.1, 0.15) is 42.6 Å². The van der Waals surface area contributed by atoms with Crippen LogP contribution in [-0.2, 0) is 17.8 Å². The summed E-state index contributed by atoms with van der Waals surface area (Å²) in [5, 5.41) is 18.2. The minimum absolute atomic E-state index is 0.0224. The molecule has 1 aromatic carbocycles. The lowest BCUT2D eigenvalue weighted by molar-refractivity contribution is 0.00732. The van der Waals surface area contributed by atoms with Gasteiger partial charge in [-0.05, 0) is 44.4 Å². The van der Waals surface area contributed by atoms with Crippen molar-refractivity contribution >= 4 is 17.4 Å². The number of methoxy groups -OCH3 is 1. The van der Waals surface area contributed by atoms with Crippen molar-refractivity contribution in [1.82, 2.24) is 29.5 Å². The molecule has 4 heterocycles. The van der Waals surface area contributed by atoms with Gasteiger partial charge < -0.3 is 24.6 Å². The van der Waals surface area contributed by atoms with Crippen LogP contribution in [0.15, 0.2) is 67.1 Å². The summed E-state index contributed by atoms with van der Waals surface area (Å²) in [7, 11) is 3.67. The van der Waals surface area contributed by atoms with E-state index in [2.05, 4.69) is 27.4 Å². The van der Waals surface area contributed by atoms with Gasteiger partial charge in [-0.25, -0.2) is 9.97 Å². The molecule has 2 atom stereocenters. The Morgan fingerprint density at radius 1 is 1.15 bits per heavy atom.